The number of fused-ring (bicyclic) bond motifs is 1. The zero-order valence-electron chi connectivity index (χ0n) is 10.0. The summed E-state index contributed by atoms with van der Waals surface area (Å²) in [6, 6.07) is 6.76. The van der Waals surface area contributed by atoms with Gasteiger partial charge in [0.15, 0.2) is 0 Å². The topological polar surface area (TPSA) is 87.7 Å². The van der Waals surface area contributed by atoms with Crippen molar-refractivity contribution < 1.29 is 8.42 Å². The Morgan fingerprint density at radius 1 is 1.20 bits per heavy atom. The fourth-order valence-corrected chi connectivity index (χ4v) is 3.37. The number of hydrogen-bond donors (Lipinski definition) is 2. The van der Waals surface area contributed by atoms with Gasteiger partial charge >= 0.3 is 0 Å². The molecule has 0 aliphatic heterocycles. The molecule has 1 aromatic carbocycles. The molecule has 0 aliphatic carbocycles. The van der Waals surface area contributed by atoms with E-state index in [0.717, 1.165) is 5.39 Å². The van der Waals surface area contributed by atoms with E-state index in [9.17, 15) is 8.42 Å². The third kappa shape index (κ3) is 2.39. The molecule has 2 aromatic heterocycles. The molecular weight excluding hydrogens is 344 g/mol. The summed E-state index contributed by atoms with van der Waals surface area (Å²) >= 11 is 3.20. The Morgan fingerprint density at radius 3 is 2.85 bits per heavy atom. The van der Waals surface area contributed by atoms with Crippen molar-refractivity contribution in [3.8, 4) is 0 Å². The summed E-state index contributed by atoms with van der Waals surface area (Å²) in [5.41, 5.74) is 1.08. The first-order chi connectivity index (χ1) is 9.56. The summed E-state index contributed by atoms with van der Waals surface area (Å²) in [5.74, 6) is 0. The lowest BCUT2D eigenvalue weighted by molar-refractivity contribution is 0.601. The number of pyridine rings is 1. The monoisotopic (exact) mass is 352 g/mol. The number of aromatic amines is 1. The van der Waals surface area contributed by atoms with Gasteiger partial charge in [0.25, 0.3) is 10.0 Å². The van der Waals surface area contributed by atoms with Crippen LogP contribution in [-0.2, 0) is 10.0 Å². The first kappa shape index (κ1) is 13.1. The van der Waals surface area contributed by atoms with Crippen molar-refractivity contribution in [1.82, 2.24) is 15.2 Å². The average Bonchev–Trinajstić information content (AvgIpc) is 2.88. The molecule has 8 heteroatoms. The van der Waals surface area contributed by atoms with Crippen LogP contribution < -0.4 is 4.72 Å². The molecule has 0 unspecified atom stereocenters. The maximum Gasteiger partial charge on any atom is 0.263 e. The summed E-state index contributed by atoms with van der Waals surface area (Å²) in [7, 11) is -3.70. The van der Waals surface area contributed by atoms with Crippen molar-refractivity contribution in [3.63, 3.8) is 0 Å². The smallest absolute Gasteiger partial charge is 0.263 e. The maximum absolute atomic E-state index is 12.3. The molecule has 0 radical (unpaired) electrons. The number of H-pyrrole nitrogens is 1. The van der Waals surface area contributed by atoms with E-state index in [-0.39, 0.29) is 4.90 Å². The van der Waals surface area contributed by atoms with Crippen molar-refractivity contribution in [1.29, 1.82) is 0 Å². The van der Waals surface area contributed by atoms with E-state index < -0.39 is 10.0 Å². The van der Waals surface area contributed by atoms with Gasteiger partial charge in [0.05, 0.1) is 17.4 Å². The lowest BCUT2D eigenvalue weighted by atomic mass is 10.2. The second-order valence-electron chi connectivity index (χ2n) is 4.08. The average molecular weight is 353 g/mol. The summed E-state index contributed by atoms with van der Waals surface area (Å²) in [5, 5.41) is 7.50. The Labute approximate surface area is 123 Å². The van der Waals surface area contributed by atoms with Crippen LogP contribution in [0.2, 0.25) is 0 Å². The van der Waals surface area contributed by atoms with E-state index >= 15 is 0 Å². The Bertz CT molecular complexity index is 876. The lowest BCUT2D eigenvalue weighted by Crippen LogP contribution is -2.13. The minimum atomic E-state index is -3.70. The predicted octanol–water partition coefficient (Wildman–Crippen LogP) is 2.52. The number of aromatic nitrogens is 3. The number of anilines is 1. The largest absolute Gasteiger partial charge is 0.277 e. The number of hydrogen-bond acceptors (Lipinski definition) is 4. The van der Waals surface area contributed by atoms with Gasteiger partial charge in [-0.1, -0.05) is 12.1 Å². The van der Waals surface area contributed by atoms with Crippen LogP contribution in [0, 0.1) is 0 Å². The molecule has 3 aromatic rings. The van der Waals surface area contributed by atoms with Crippen LogP contribution in [0.25, 0.3) is 10.9 Å². The van der Waals surface area contributed by atoms with Crippen molar-refractivity contribution in [3.05, 3.63) is 47.3 Å². The quantitative estimate of drug-likeness (QED) is 0.757. The van der Waals surface area contributed by atoms with Crippen LogP contribution in [0.1, 0.15) is 0 Å². The molecule has 0 saturated carbocycles. The van der Waals surface area contributed by atoms with Gasteiger partial charge in [-0.3, -0.25) is 14.8 Å². The minimum absolute atomic E-state index is 0.0865. The lowest BCUT2D eigenvalue weighted by Gasteiger charge is -2.08. The molecule has 0 aliphatic rings. The molecule has 6 nitrogen and oxygen atoms in total. The van der Waals surface area contributed by atoms with Crippen LogP contribution >= 0.6 is 15.9 Å². The highest BCUT2D eigenvalue weighted by atomic mass is 79.9. The zero-order chi connectivity index (χ0) is 14.2. The van der Waals surface area contributed by atoms with Gasteiger partial charge in [-0.05, 0) is 28.1 Å². The highest BCUT2D eigenvalue weighted by Crippen LogP contribution is 2.24. The Hall–Kier alpha value is -1.93. The van der Waals surface area contributed by atoms with Gasteiger partial charge in [0.1, 0.15) is 4.90 Å². The second kappa shape index (κ2) is 4.88. The van der Waals surface area contributed by atoms with Crippen molar-refractivity contribution in [2.75, 3.05) is 4.72 Å². The Kier molecular flexibility index (Phi) is 3.19. The molecule has 0 amide bonds. The van der Waals surface area contributed by atoms with Crippen LogP contribution in [0.15, 0.2) is 52.2 Å². The first-order valence-electron chi connectivity index (χ1n) is 5.62. The fraction of sp³-hybridized carbons (Fsp3) is 0. The number of para-hydroxylation sites is 1. The van der Waals surface area contributed by atoms with Gasteiger partial charge in [0, 0.05) is 22.3 Å². The van der Waals surface area contributed by atoms with Gasteiger partial charge in [-0.25, -0.2) is 8.42 Å². The highest BCUT2D eigenvalue weighted by molar-refractivity contribution is 9.10. The molecule has 0 fully saturated rings. The summed E-state index contributed by atoms with van der Waals surface area (Å²) in [4.78, 5) is 3.94. The molecule has 0 spiro atoms. The summed E-state index contributed by atoms with van der Waals surface area (Å²) in [6.45, 7) is 0. The molecular formula is C12H9BrN4O2S. The van der Waals surface area contributed by atoms with Crippen LogP contribution in [0.3, 0.4) is 0 Å². The Morgan fingerprint density at radius 2 is 2.05 bits per heavy atom. The number of nitrogens with zero attached hydrogens (tertiary/aromatic N) is 2. The van der Waals surface area contributed by atoms with Gasteiger partial charge in [-0.15, -0.1) is 0 Å². The third-order valence-corrected chi connectivity index (χ3v) is 4.48. The summed E-state index contributed by atoms with van der Waals surface area (Å²) in [6.07, 6.45) is 4.45. The normalized spacial score (nSPS) is 11.7. The number of rotatable bonds is 3. The molecule has 0 bridgehead atoms. The molecule has 0 atom stereocenters. The number of sulfonamides is 1. The molecule has 3 rings (SSSR count). The molecule has 0 saturated heterocycles. The zero-order valence-corrected chi connectivity index (χ0v) is 12.4. The van der Waals surface area contributed by atoms with E-state index in [0.29, 0.717) is 15.7 Å². The standard InChI is InChI=1S/C12H9BrN4O2S/c13-9-4-10(7-14-6-9)20(18,19)17-11-3-1-2-8-5-15-16-12(8)11/h1-7,17H,(H,15,16). The predicted molar refractivity (Wildman–Crippen MR) is 78.8 cm³/mol. The van der Waals surface area contributed by atoms with Gasteiger partial charge in [0.2, 0.25) is 0 Å². The Balaban J connectivity index is 2.04. The third-order valence-electron chi connectivity index (χ3n) is 2.71. The maximum atomic E-state index is 12.3. The van der Waals surface area contributed by atoms with Crippen molar-refractivity contribution >= 4 is 42.5 Å². The van der Waals surface area contributed by atoms with E-state index in [1.165, 1.54) is 18.5 Å². The molecule has 2 heterocycles. The first-order valence-corrected chi connectivity index (χ1v) is 7.89. The van der Waals surface area contributed by atoms with E-state index in [1.807, 2.05) is 6.07 Å². The number of halogens is 1. The van der Waals surface area contributed by atoms with Crippen LogP contribution in [0.5, 0.6) is 0 Å². The van der Waals surface area contributed by atoms with Crippen molar-refractivity contribution in [2.45, 2.75) is 4.90 Å². The second-order valence-corrected chi connectivity index (χ2v) is 6.68. The molecule has 20 heavy (non-hydrogen) atoms. The van der Waals surface area contributed by atoms with E-state index in [4.69, 9.17) is 0 Å². The van der Waals surface area contributed by atoms with Crippen molar-refractivity contribution in [2.24, 2.45) is 0 Å². The molecule has 102 valence electrons. The highest BCUT2D eigenvalue weighted by Gasteiger charge is 2.16. The van der Waals surface area contributed by atoms with Gasteiger partial charge < -0.3 is 0 Å². The number of nitrogens with one attached hydrogen (secondary N) is 2. The van der Waals surface area contributed by atoms with Crippen LogP contribution in [0.4, 0.5) is 5.69 Å². The van der Waals surface area contributed by atoms with Crippen LogP contribution in [-0.4, -0.2) is 23.6 Å². The molecule has 2 N–H and O–H groups in total. The SMILES string of the molecule is O=S(=O)(Nc1cccc2cn[nH]c12)c1cncc(Br)c1. The van der Waals surface area contributed by atoms with E-state index in [1.54, 1.807) is 18.3 Å². The summed E-state index contributed by atoms with van der Waals surface area (Å²) < 4.78 is 27.8. The van der Waals surface area contributed by atoms with E-state index in [2.05, 4.69) is 35.8 Å². The minimum Gasteiger partial charge on any atom is -0.277 e. The fourth-order valence-electron chi connectivity index (χ4n) is 1.80. The number of benzene rings is 1. The van der Waals surface area contributed by atoms with Gasteiger partial charge in [-0.2, -0.15) is 5.10 Å².